The fourth-order valence-electron chi connectivity index (χ4n) is 6.21. The van der Waals surface area contributed by atoms with Crippen LogP contribution in [0.3, 0.4) is 0 Å². The van der Waals surface area contributed by atoms with Gasteiger partial charge in [0.05, 0.1) is 10.2 Å². The Kier molecular flexibility index (Phi) is 5.37. The molecule has 9 rings (SSSR count). The zero-order chi connectivity index (χ0) is 28.3. The topological polar surface area (TPSA) is 29.3 Å². The molecule has 202 valence electrons. The van der Waals surface area contributed by atoms with Crippen molar-refractivity contribution >= 4 is 81.5 Å². The molecule has 0 aliphatic carbocycles. The first kappa shape index (κ1) is 24.2. The van der Waals surface area contributed by atoms with Crippen LogP contribution in [0.2, 0.25) is 0 Å². The summed E-state index contributed by atoms with van der Waals surface area (Å²) >= 11 is 1.74. The van der Waals surface area contributed by atoms with E-state index >= 15 is 0 Å². The van der Waals surface area contributed by atoms with Crippen LogP contribution < -0.4 is 4.90 Å². The van der Waals surface area contributed by atoms with E-state index in [2.05, 4.69) is 138 Å². The third kappa shape index (κ3) is 3.92. The summed E-state index contributed by atoms with van der Waals surface area (Å²) in [5.74, 6) is 0. The van der Waals surface area contributed by atoms with Crippen LogP contribution in [0.1, 0.15) is 0 Å². The molecule has 0 atom stereocenters. The van der Waals surface area contributed by atoms with Crippen molar-refractivity contribution in [3.8, 4) is 11.1 Å². The maximum Gasteiger partial charge on any atom is 0.195 e. The summed E-state index contributed by atoms with van der Waals surface area (Å²) in [5, 5.41) is 8.11. The molecule has 0 spiro atoms. The molecule has 9 aromatic rings. The van der Waals surface area contributed by atoms with Gasteiger partial charge in [0.15, 0.2) is 5.13 Å². The monoisotopic (exact) mass is 568 g/mol. The van der Waals surface area contributed by atoms with Gasteiger partial charge in [-0.15, -0.1) is 0 Å². The van der Waals surface area contributed by atoms with Crippen molar-refractivity contribution < 1.29 is 4.42 Å². The Labute approximate surface area is 251 Å². The smallest absolute Gasteiger partial charge is 0.195 e. The van der Waals surface area contributed by atoms with E-state index in [1.165, 1.54) is 37.4 Å². The minimum atomic E-state index is 0.881. The van der Waals surface area contributed by atoms with E-state index in [-0.39, 0.29) is 0 Å². The lowest BCUT2D eigenvalue weighted by molar-refractivity contribution is 0.669. The van der Waals surface area contributed by atoms with Gasteiger partial charge in [-0.3, -0.25) is 4.90 Å². The second-order valence-electron chi connectivity index (χ2n) is 10.8. The van der Waals surface area contributed by atoms with E-state index in [9.17, 15) is 0 Å². The van der Waals surface area contributed by atoms with Gasteiger partial charge in [-0.25, -0.2) is 4.98 Å². The molecule has 0 saturated heterocycles. The molecule has 0 aliphatic rings. The maximum absolute atomic E-state index is 6.17. The Morgan fingerprint density at radius 3 is 2.07 bits per heavy atom. The number of furan rings is 1. The molecule has 2 heterocycles. The number of thiazole rings is 1. The second-order valence-corrected chi connectivity index (χ2v) is 11.8. The van der Waals surface area contributed by atoms with Crippen LogP contribution in [0.5, 0.6) is 0 Å². The first-order chi connectivity index (χ1) is 21.3. The fourth-order valence-corrected chi connectivity index (χ4v) is 7.39. The summed E-state index contributed by atoms with van der Waals surface area (Å²) in [7, 11) is 0. The van der Waals surface area contributed by atoms with Crippen molar-refractivity contribution in [1.82, 2.24) is 4.98 Å². The molecule has 2 aromatic heterocycles. The van der Waals surface area contributed by atoms with E-state index in [1.807, 2.05) is 12.1 Å². The van der Waals surface area contributed by atoms with Gasteiger partial charge < -0.3 is 4.42 Å². The van der Waals surface area contributed by atoms with E-state index in [4.69, 9.17) is 9.40 Å². The first-order valence-electron chi connectivity index (χ1n) is 14.4. The minimum Gasteiger partial charge on any atom is -0.456 e. The number of hydrogen-bond donors (Lipinski definition) is 0. The van der Waals surface area contributed by atoms with E-state index in [0.717, 1.165) is 44.0 Å². The summed E-state index contributed by atoms with van der Waals surface area (Å²) in [6.45, 7) is 0. The zero-order valence-electron chi connectivity index (χ0n) is 23.1. The van der Waals surface area contributed by atoms with Gasteiger partial charge in [-0.2, -0.15) is 0 Å². The summed E-state index contributed by atoms with van der Waals surface area (Å²) in [6, 6.07) is 51.3. The maximum atomic E-state index is 6.17. The Balaban J connectivity index is 1.28. The Morgan fingerprint density at radius 2 is 1.19 bits per heavy atom. The molecule has 4 heteroatoms. The summed E-state index contributed by atoms with van der Waals surface area (Å²) in [6.07, 6.45) is 0. The summed E-state index contributed by atoms with van der Waals surface area (Å²) < 4.78 is 7.37. The average Bonchev–Trinajstić information content (AvgIpc) is 3.67. The lowest BCUT2D eigenvalue weighted by Gasteiger charge is -2.22. The van der Waals surface area contributed by atoms with Crippen LogP contribution >= 0.6 is 11.3 Å². The number of para-hydroxylation sites is 1. The van der Waals surface area contributed by atoms with Gasteiger partial charge in [-0.05, 0) is 69.8 Å². The molecule has 0 radical (unpaired) electrons. The SMILES string of the molecule is c1ccc(-c2ccc(N(c3ccc4oc5ccccc5c4c3)c3nc4ccc5ccc6ccccc6c5c4s3)cc2)cc1. The van der Waals surface area contributed by atoms with Crippen molar-refractivity contribution in [2.75, 3.05) is 4.90 Å². The highest BCUT2D eigenvalue weighted by Crippen LogP contribution is 2.44. The molecule has 0 bridgehead atoms. The van der Waals surface area contributed by atoms with Crippen molar-refractivity contribution in [2.45, 2.75) is 0 Å². The highest BCUT2D eigenvalue weighted by atomic mass is 32.1. The minimum absolute atomic E-state index is 0.881. The molecule has 0 unspecified atom stereocenters. The number of fused-ring (bicyclic) bond motifs is 8. The number of rotatable bonds is 4. The largest absolute Gasteiger partial charge is 0.456 e. The van der Waals surface area contributed by atoms with Crippen molar-refractivity contribution in [3.05, 3.63) is 146 Å². The fraction of sp³-hybridized carbons (Fsp3) is 0. The highest BCUT2D eigenvalue weighted by molar-refractivity contribution is 7.23. The lowest BCUT2D eigenvalue weighted by atomic mass is 10.0. The summed E-state index contributed by atoms with van der Waals surface area (Å²) in [4.78, 5) is 7.53. The Hall–Kier alpha value is -5.45. The number of benzene rings is 7. The third-order valence-electron chi connectivity index (χ3n) is 8.29. The van der Waals surface area contributed by atoms with Crippen LogP contribution in [-0.4, -0.2) is 4.98 Å². The Bertz CT molecular complexity index is 2460. The van der Waals surface area contributed by atoms with Gasteiger partial charge in [0, 0.05) is 27.5 Å². The van der Waals surface area contributed by atoms with E-state index in [1.54, 1.807) is 11.3 Å². The van der Waals surface area contributed by atoms with E-state index in [0.29, 0.717) is 0 Å². The highest BCUT2D eigenvalue weighted by Gasteiger charge is 2.20. The van der Waals surface area contributed by atoms with Crippen molar-refractivity contribution in [1.29, 1.82) is 0 Å². The van der Waals surface area contributed by atoms with Gasteiger partial charge in [-0.1, -0.05) is 114 Å². The number of nitrogens with zero attached hydrogens (tertiary/aromatic N) is 2. The van der Waals surface area contributed by atoms with Gasteiger partial charge >= 0.3 is 0 Å². The second kappa shape index (κ2) is 9.55. The quantitative estimate of drug-likeness (QED) is 0.198. The molecule has 43 heavy (non-hydrogen) atoms. The number of anilines is 3. The Morgan fingerprint density at radius 1 is 0.512 bits per heavy atom. The molecule has 0 fully saturated rings. The van der Waals surface area contributed by atoms with Crippen LogP contribution in [-0.2, 0) is 0 Å². The molecular formula is C39H24N2OS. The molecular weight excluding hydrogens is 545 g/mol. The molecule has 7 aromatic carbocycles. The molecule has 0 aliphatic heterocycles. The average molecular weight is 569 g/mol. The number of aromatic nitrogens is 1. The molecule has 0 amide bonds. The molecule has 3 nitrogen and oxygen atoms in total. The van der Waals surface area contributed by atoms with Crippen LogP contribution in [0.25, 0.3) is 64.8 Å². The van der Waals surface area contributed by atoms with Crippen LogP contribution in [0, 0.1) is 0 Å². The van der Waals surface area contributed by atoms with Crippen molar-refractivity contribution in [2.24, 2.45) is 0 Å². The van der Waals surface area contributed by atoms with Gasteiger partial charge in [0.2, 0.25) is 0 Å². The first-order valence-corrected chi connectivity index (χ1v) is 15.2. The van der Waals surface area contributed by atoms with Crippen molar-refractivity contribution in [3.63, 3.8) is 0 Å². The lowest BCUT2D eigenvalue weighted by Crippen LogP contribution is -2.09. The predicted molar refractivity (Wildman–Crippen MR) is 182 cm³/mol. The zero-order valence-corrected chi connectivity index (χ0v) is 23.9. The normalized spacial score (nSPS) is 11.7. The van der Waals surface area contributed by atoms with Gasteiger partial charge in [0.1, 0.15) is 11.2 Å². The number of hydrogen-bond acceptors (Lipinski definition) is 4. The van der Waals surface area contributed by atoms with Crippen LogP contribution in [0.4, 0.5) is 16.5 Å². The molecule has 0 N–H and O–H groups in total. The van der Waals surface area contributed by atoms with Gasteiger partial charge in [0.25, 0.3) is 0 Å². The van der Waals surface area contributed by atoms with E-state index < -0.39 is 0 Å². The molecule has 0 saturated carbocycles. The van der Waals surface area contributed by atoms with Crippen LogP contribution in [0.15, 0.2) is 150 Å². The summed E-state index contributed by atoms with van der Waals surface area (Å²) in [5.41, 5.74) is 7.26. The standard InChI is InChI=1S/C39H24N2OS/c1-2-8-25(9-3-1)26-16-19-29(20-17-26)41(30-21-23-36-33(24-30)32-12-6-7-13-35(32)42-36)39-40-34-22-18-28-15-14-27-10-4-5-11-31(27)37(28)38(34)43-39/h1-24H. The predicted octanol–water partition coefficient (Wildman–Crippen LogP) is 11.6. The third-order valence-corrected chi connectivity index (χ3v) is 9.37.